The first-order chi connectivity index (χ1) is 9.69. The van der Waals surface area contributed by atoms with Crippen LogP contribution in [0.3, 0.4) is 0 Å². The van der Waals surface area contributed by atoms with Crippen LogP contribution in [0.25, 0.3) is 0 Å². The predicted molar refractivity (Wildman–Crippen MR) is 86.8 cm³/mol. The SMILES string of the molecule is CCNC1CC2CCCC(C1)N2c1ccc(C)c(Cl)c1. The van der Waals surface area contributed by atoms with Gasteiger partial charge in [-0.2, -0.15) is 0 Å². The lowest BCUT2D eigenvalue weighted by atomic mass is 9.81. The summed E-state index contributed by atoms with van der Waals surface area (Å²) in [5.41, 5.74) is 2.49. The summed E-state index contributed by atoms with van der Waals surface area (Å²) in [7, 11) is 0. The zero-order chi connectivity index (χ0) is 14.1. The molecular weight excluding hydrogens is 268 g/mol. The van der Waals surface area contributed by atoms with Crippen molar-refractivity contribution in [2.75, 3.05) is 11.4 Å². The first-order valence-corrected chi connectivity index (χ1v) is 8.34. The highest BCUT2D eigenvalue weighted by Crippen LogP contribution is 2.38. The van der Waals surface area contributed by atoms with Gasteiger partial charge in [-0.25, -0.2) is 0 Å². The molecule has 2 atom stereocenters. The third kappa shape index (κ3) is 2.68. The summed E-state index contributed by atoms with van der Waals surface area (Å²) in [6.45, 7) is 5.37. The van der Waals surface area contributed by atoms with Crippen molar-refractivity contribution in [3.05, 3.63) is 28.8 Å². The highest BCUT2D eigenvalue weighted by molar-refractivity contribution is 6.31. The van der Waals surface area contributed by atoms with E-state index in [4.69, 9.17) is 11.6 Å². The van der Waals surface area contributed by atoms with Crippen molar-refractivity contribution in [1.29, 1.82) is 0 Å². The highest BCUT2D eigenvalue weighted by Gasteiger charge is 2.38. The molecule has 3 heteroatoms. The van der Waals surface area contributed by atoms with E-state index in [2.05, 4.69) is 42.3 Å². The Balaban J connectivity index is 1.84. The second-order valence-corrected chi connectivity index (χ2v) is 6.71. The monoisotopic (exact) mass is 292 g/mol. The van der Waals surface area contributed by atoms with E-state index in [1.165, 1.54) is 43.4 Å². The van der Waals surface area contributed by atoms with E-state index in [-0.39, 0.29) is 0 Å². The molecule has 1 aromatic carbocycles. The average molecular weight is 293 g/mol. The second kappa shape index (κ2) is 5.95. The van der Waals surface area contributed by atoms with Crippen LogP contribution in [0.1, 0.15) is 44.6 Å². The molecule has 2 fully saturated rings. The van der Waals surface area contributed by atoms with Gasteiger partial charge in [0, 0.05) is 28.8 Å². The van der Waals surface area contributed by atoms with Gasteiger partial charge in [-0.1, -0.05) is 24.6 Å². The van der Waals surface area contributed by atoms with Crippen molar-refractivity contribution in [3.63, 3.8) is 0 Å². The minimum atomic E-state index is 0.685. The Morgan fingerprint density at radius 2 is 1.95 bits per heavy atom. The molecule has 0 radical (unpaired) electrons. The maximum absolute atomic E-state index is 6.33. The van der Waals surface area contributed by atoms with E-state index in [0.29, 0.717) is 18.1 Å². The van der Waals surface area contributed by atoms with Gasteiger partial charge in [0.25, 0.3) is 0 Å². The molecule has 3 rings (SSSR count). The molecule has 2 nitrogen and oxygen atoms in total. The molecule has 2 heterocycles. The smallest absolute Gasteiger partial charge is 0.0455 e. The molecule has 2 unspecified atom stereocenters. The molecule has 20 heavy (non-hydrogen) atoms. The van der Waals surface area contributed by atoms with Crippen LogP contribution >= 0.6 is 11.6 Å². The van der Waals surface area contributed by atoms with E-state index in [9.17, 15) is 0 Å². The maximum atomic E-state index is 6.33. The van der Waals surface area contributed by atoms with Gasteiger partial charge in [-0.3, -0.25) is 0 Å². The predicted octanol–water partition coefficient (Wildman–Crippen LogP) is 4.15. The first kappa shape index (κ1) is 14.2. The van der Waals surface area contributed by atoms with Crippen LogP contribution in [0.2, 0.25) is 5.02 Å². The number of nitrogens with one attached hydrogen (secondary N) is 1. The molecule has 2 bridgehead atoms. The standard InChI is InChI=1S/C17H25ClN2/c1-3-19-13-9-14-5-4-6-15(10-13)20(14)16-8-7-12(2)17(18)11-16/h7-8,11,13-15,19H,3-6,9-10H2,1-2H3. The Morgan fingerprint density at radius 3 is 2.55 bits per heavy atom. The normalized spacial score (nSPS) is 29.6. The molecule has 0 aromatic heterocycles. The van der Waals surface area contributed by atoms with E-state index >= 15 is 0 Å². The molecule has 110 valence electrons. The fourth-order valence-electron chi connectivity index (χ4n) is 4.00. The summed E-state index contributed by atoms with van der Waals surface area (Å²) >= 11 is 6.33. The number of aryl methyl sites for hydroxylation is 1. The number of piperidine rings is 2. The molecule has 1 N–H and O–H groups in total. The molecule has 2 saturated heterocycles. The number of benzene rings is 1. The summed E-state index contributed by atoms with van der Waals surface area (Å²) in [4.78, 5) is 2.66. The number of halogens is 1. The van der Waals surface area contributed by atoms with Gasteiger partial charge >= 0.3 is 0 Å². The van der Waals surface area contributed by atoms with Crippen LogP contribution in [0.5, 0.6) is 0 Å². The fourth-order valence-corrected chi connectivity index (χ4v) is 4.18. The summed E-state index contributed by atoms with van der Waals surface area (Å²) in [6.07, 6.45) is 6.57. The molecule has 2 aliphatic rings. The van der Waals surface area contributed by atoms with E-state index in [1.54, 1.807) is 0 Å². The number of fused-ring (bicyclic) bond motifs is 2. The lowest BCUT2D eigenvalue weighted by molar-refractivity contribution is 0.247. The van der Waals surface area contributed by atoms with Gasteiger partial charge in [0.15, 0.2) is 0 Å². The van der Waals surface area contributed by atoms with Crippen LogP contribution in [-0.2, 0) is 0 Å². The molecule has 0 amide bonds. The molecule has 2 aliphatic heterocycles. The number of nitrogens with zero attached hydrogens (tertiary/aromatic N) is 1. The third-order valence-corrected chi connectivity index (χ3v) is 5.33. The number of rotatable bonds is 3. The lowest BCUT2D eigenvalue weighted by Gasteiger charge is -2.50. The van der Waals surface area contributed by atoms with Crippen LogP contribution in [0.4, 0.5) is 5.69 Å². The Morgan fingerprint density at radius 1 is 1.25 bits per heavy atom. The summed E-state index contributed by atoms with van der Waals surface area (Å²) in [6, 6.07) is 8.64. The van der Waals surface area contributed by atoms with Crippen molar-refractivity contribution >= 4 is 17.3 Å². The van der Waals surface area contributed by atoms with Gasteiger partial charge in [-0.15, -0.1) is 0 Å². The topological polar surface area (TPSA) is 15.3 Å². The molecular formula is C17H25ClN2. The third-order valence-electron chi connectivity index (χ3n) is 4.92. The summed E-state index contributed by atoms with van der Waals surface area (Å²) in [5, 5.41) is 4.55. The van der Waals surface area contributed by atoms with Crippen molar-refractivity contribution < 1.29 is 0 Å². The van der Waals surface area contributed by atoms with Crippen molar-refractivity contribution in [2.45, 2.75) is 64.1 Å². The van der Waals surface area contributed by atoms with Crippen LogP contribution in [0.15, 0.2) is 18.2 Å². The first-order valence-electron chi connectivity index (χ1n) is 7.97. The lowest BCUT2D eigenvalue weighted by Crippen LogP contribution is -2.56. The largest absolute Gasteiger partial charge is 0.365 e. The van der Waals surface area contributed by atoms with Crippen LogP contribution in [0, 0.1) is 6.92 Å². The molecule has 0 saturated carbocycles. The van der Waals surface area contributed by atoms with Gasteiger partial charge in [-0.05, 0) is 63.3 Å². The molecule has 0 aliphatic carbocycles. The zero-order valence-electron chi connectivity index (χ0n) is 12.5. The number of hydrogen-bond donors (Lipinski definition) is 1. The highest BCUT2D eigenvalue weighted by atomic mass is 35.5. The van der Waals surface area contributed by atoms with Crippen LogP contribution in [-0.4, -0.2) is 24.7 Å². The molecule has 0 spiro atoms. The Bertz CT molecular complexity index is 460. The quantitative estimate of drug-likeness (QED) is 0.900. The summed E-state index contributed by atoms with van der Waals surface area (Å²) < 4.78 is 0. The second-order valence-electron chi connectivity index (χ2n) is 6.31. The van der Waals surface area contributed by atoms with E-state index in [0.717, 1.165) is 11.6 Å². The Hall–Kier alpha value is -0.730. The van der Waals surface area contributed by atoms with Crippen molar-refractivity contribution in [2.24, 2.45) is 0 Å². The van der Waals surface area contributed by atoms with Gasteiger partial charge in [0.2, 0.25) is 0 Å². The molecule has 1 aromatic rings. The van der Waals surface area contributed by atoms with Crippen molar-refractivity contribution in [1.82, 2.24) is 5.32 Å². The van der Waals surface area contributed by atoms with E-state index in [1.807, 2.05) is 0 Å². The maximum Gasteiger partial charge on any atom is 0.0455 e. The van der Waals surface area contributed by atoms with Crippen LogP contribution < -0.4 is 10.2 Å². The average Bonchev–Trinajstić information content (AvgIpc) is 2.41. The van der Waals surface area contributed by atoms with Gasteiger partial charge in [0.1, 0.15) is 0 Å². The number of hydrogen-bond acceptors (Lipinski definition) is 2. The van der Waals surface area contributed by atoms with Gasteiger partial charge in [0.05, 0.1) is 0 Å². The van der Waals surface area contributed by atoms with E-state index < -0.39 is 0 Å². The fraction of sp³-hybridized carbons (Fsp3) is 0.647. The minimum Gasteiger partial charge on any atom is -0.365 e. The Kier molecular flexibility index (Phi) is 4.23. The Labute approximate surface area is 127 Å². The van der Waals surface area contributed by atoms with Gasteiger partial charge < -0.3 is 10.2 Å². The van der Waals surface area contributed by atoms with Crippen molar-refractivity contribution in [3.8, 4) is 0 Å². The number of anilines is 1. The zero-order valence-corrected chi connectivity index (χ0v) is 13.3. The minimum absolute atomic E-state index is 0.685. The summed E-state index contributed by atoms with van der Waals surface area (Å²) in [5.74, 6) is 0.